The number of aromatic nitrogens is 2. The minimum Gasteiger partial charge on any atom is -0.447 e. The Hall–Kier alpha value is -1.87. The standard InChI is InChI=1S/C13H10BrN3O4S/c14-9-3-1-2-8(6-9)11-15-16-12(21-11)22-7-10(18)17-4-5-20-13(17)19/h1-3,6H,4-5,7H2. The van der Waals surface area contributed by atoms with E-state index in [0.717, 1.165) is 26.7 Å². The molecule has 2 heterocycles. The topological polar surface area (TPSA) is 85.5 Å². The molecule has 1 aliphatic rings. The van der Waals surface area contributed by atoms with Crippen LogP contribution in [-0.2, 0) is 9.53 Å². The van der Waals surface area contributed by atoms with Crippen LogP contribution in [0.2, 0.25) is 0 Å². The molecule has 0 radical (unpaired) electrons. The highest BCUT2D eigenvalue weighted by atomic mass is 79.9. The highest BCUT2D eigenvalue weighted by molar-refractivity contribution is 9.10. The zero-order valence-electron chi connectivity index (χ0n) is 11.2. The Morgan fingerprint density at radius 2 is 2.27 bits per heavy atom. The van der Waals surface area contributed by atoms with Crippen molar-refractivity contribution in [3.63, 3.8) is 0 Å². The lowest BCUT2D eigenvalue weighted by Crippen LogP contribution is -2.32. The first-order chi connectivity index (χ1) is 10.6. The van der Waals surface area contributed by atoms with Crippen molar-refractivity contribution in [3.8, 4) is 11.5 Å². The molecule has 0 spiro atoms. The summed E-state index contributed by atoms with van der Waals surface area (Å²) >= 11 is 4.46. The number of cyclic esters (lactones) is 1. The number of rotatable bonds is 4. The van der Waals surface area contributed by atoms with Gasteiger partial charge in [-0.15, -0.1) is 10.2 Å². The van der Waals surface area contributed by atoms with Crippen molar-refractivity contribution in [3.05, 3.63) is 28.7 Å². The monoisotopic (exact) mass is 383 g/mol. The van der Waals surface area contributed by atoms with Crippen molar-refractivity contribution < 1.29 is 18.7 Å². The second kappa shape index (κ2) is 6.49. The van der Waals surface area contributed by atoms with Crippen molar-refractivity contribution in [2.75, 3.05) is 18.9 Å². The van der Waals surface area contributed by atoms with E-state index in [2.05, 4.69) is 26.1 Å². The summed E-state index contributed by atoms with van der Waals surface area (Å²) < 4.78 is 11.1. The van der Waals surface area contributed by atoms with Gasteiger partial charge in [0.15, 0.2) is 0 Å². The van der Waals surface area contributed by atoms with Crippen molar-refractivity contribution >= 4 is 39.7 Å². The summed E-state index contributed by atoms with van der Waals surface area (Å²) in [6, 6.07) is 7.45. The van der Waals surface area contributed by atoms with Crippen LogP contribution in [0.5, 0.6) is 0 Å². The minimum atomic E-state index is -0.606. The molecule has 0 bridgehead atoms. The first kappa shape index (κ1) is 15.0. The second-order valence-electron chi connectivity index (χ2n) is 4.33. The molecule has 0 N–H and O–H groups in total. The molecule has 1 saturated heterocycles. The van der Waals surface area contributed by atoms with E-state index in [0.29, 0.717) is 5.89 Å². The molecule has 3 rings (SSSR count). The Labute approximate surface area is 138 Å². The zero-order valence-corrected chi connectivity index (χ0v) is 13.6. The first-order valence-corrected chi connectivity index (χ1v) is 8.11. The predicted octanol–water partition coefficient (Wildman–Crippen LogP) is 2.57. The predicted molar refractivity (Wildman–Crippen MR) is 81.2 cm³/mol. The van der Waals surface area contributed by atoms with Gasteiger partial charge in [-0.05, 0) is 18.2 Å². The number of thioether (sulfide) groups is 1. The lowest BCUT2D eigenvalue weighted by molar-refractivity contribution is -0.125. The number of halogens is 1. The van der Waals surface area contributed by atoms with Crippen LogP contribution in [0.4, 0.5) is 4.79 Å². The summed E-state index contributed by atoms with van der Waals surface area (Å²) in [6.45, 7) is 0.522. The first-order valence-electron chi connectivity index (χ1n) is 6.33. The molecule has 0 saturated carbocycles. The third kappa shape index (κ3) is 3.30. The second-order valence-corrected chi connectivity index (χ2v) is 6.17. The fourth-order valence-corrected chi connectivity index (χ4v) is 2.87. The average molecular weight is 384 g/mol. The van der Waals surface area contributed by atoms with Gasteiger partial charge in [0.2, 0.25) is 11.8 Å². The summed E-state index contributed by atoms with van der Waals surface area (Å²) in [6.07, 6.45) is -0.606. The Morgan fingerprint density at radius 3 is 3.00 bits per heavy atom. The maximum atomic E-state index is 11.9. The summed E-state index contributed by atoms with van der Waals surface area (Å²) in [7, 11) is 0. The van der Waals surface area contributed by atoms with E-state index >= 15 is 0 Å². The third-order valence-corrected chi connectivity index (χ3v) is 4.16. The number of benzene rings is 1. The Kier molecular flexibility index (Phi) is 4.44. The van der Waals surface area contributed by atoms with E-state index in [1.165, 1.54) is 0 Å². The lowest BCUT2D eigenvalue weighted by atomic mass is 10.2. The molecule has 2 amide bonds. The lowest BCUT2D eigenvalue weighted by Gasteiger charge is -2.08. The Balaban J connectivity index is 1.62. The van der Waals surface area contributed by atoms with Crippen molar-refractivity contribution in [2.24, 2.45) is 0 Å². The number of nitrogens with zero attached hydrogens (tertiary/aromatic N) is 3. The van der Waals surface area contributed by atoms with Gasteiger partial charge in [0.1, 0.15) is 6.61 Å². The van der Waals surface area contributed by atoms with Gasteiger partial charge in [-0.1, -0.05) is 33.8 Å². The molecule has 1 aromatic carbocycles. The van der Waals surface area contributed by atoms with Gasteiger partial charge in [-0.2, -0.15) is 0 Å². The Morgan fingerprint density at radius 1 is 1.41 bits per heavy atom. The van der Waals surface area contributed by atoms with E-state index in [1.807, 2.05) is 24.3 Å². The number of imide groups is 1. The van der Waals surface area contributed by atoms with Crippen LogP contribution in [0.3, 0.4) is 0 Å². The molecule has 2 aromatic rings. The van der Waals surface area contributed by atoms with Crippen LogP contribution in [0.1, 0.15) is 0 Å². The van der Waals surface area contributed by atoms with Gasteiger partial charge in [0.05, 0.1) is 12.3 Å². The quantitative estimate of drug-likeness (QED) is 0.749. The molecular weight excluding hydrogens is 374 g/mol. The molecule has 9 heteroatoms. The van der Waals surface area contributed by atoms with Crippen LogP contribution < -0.4 is 0 Å². The fourth-order valence-electron chi connectivity index (χ4n) is 1.83. The van der Waals surface area contributed by atoms with Crippen molar-refractivity contribution in [1.29, 1.82) is 0 Å². The van der Waals surface area contributed by atoms with E-state index in [9.17, 15) is 9.59 Å². The molecule has 0 unspecified atom stereocenters. The third-order valence-electron chi connectivity index (χ3n) is 2.86. The van der Waals surface area contributed by atoms with Gasteiger partial charge in [-0.3, -0.25) is 4.79 Å². The minimum absolute atomic E-state index is 0.0369. The molecule has 0 aliphatic carbocycles. The van der Waals surface area contributed by atoms with Gasteiger partial charge < -0.3 is 9.15 Å². The van der Waals surface area contributed by atoms with Gasteiger partial charge >= 0.3 is 6.09 Å². The molecule has 1 aromatic heterocycles. The largest absolute Gasteiger partial charge is 0.447 e. The smallest absolute Gasteiger partial charge is 0.416 e. The van der Waals surface area contributed by atoms with Crippen LogP contribution >= 0.6 is 27.7 Å². The summed E-state index contributed by atoms with van der Waals surface area (Å²) in [4.78, 5) is 24.2. The summed E-state index contributed by atoms with van der Waals surface area (Å²) in [5, 5.41) is 8.10. The maximum absolute atomic E-state index is 11.9. The number of ether oxygens (including phenoxy) is 1. The zero-order chi connectivity index (χ0) is 15.5. The van der Waals surface area contributed by atoms with E-state index < -0.39 is 6.09 Å². The molecule has 1 fully saturated rings. The van der Waals surface area contributed by atoms with E-state index in [-0.39, 0.29) is 30.0 Å². The van der Waals surface area contributed by atoms with Crippen LogP contribution in [0, 0.1) is 0 Å². The van der Waals surface area contributed by atoms with Crippen LogP contribution in [-0.4, -0.2) is 46.0 Å². The SMILES string of the molecule is O=C(CSc1nnc(-c2cccc(Br)c2)o1)N1CCOC1=O. The van der Waals surface area contributed by atoms with Crippen molar-refractivity contribution in [2.45, 2.75) is 5.22 Å². The van der Waals surface area contributed by atoms with Gasteiger partial charge in [0, 0.05) is 10.0 Å². The highest BCUT2D eigenvalue weighted by Gasteiger charge is 2.28. The van der Waals surface area contributed by atoms with E-state index in [4.69, 9.17) is 9.15 Å². The van der Waals surface area contributed by atoms with Crippen molar-refractivity contribution in [1.82, 2.24) is 15.1 Å². The molecule has 7 nitrogen and oxygen atoms in total. The number of carbonyl (C=O) groups excluding carboxylic acids is 2. The van der Waals surface area contributed by atoms with Crippen LogP contribution in [0.15, 0.2) is 38.4 Å². The highest BCUT2D eigenvalue weighted by Crippen LogP contribution is 2.25. The normalized spacial score (nSPS) is 14.2. The average Bonchev–Trinajstić information content (AvgIpc) is 3.14. The number of hydrogen-bond donors (Lipinski definition) is 0. The number of amides is 2. The maximum Gasteiger partial charge on any atom is 0.416 e. The van der Waals surface area contributed by atoms with E-state index in [1.54, 1.807) is 0 Å². The molecular formula is C13H10BrN3O4S. The fraction of sp³-hybridized carbons (Fsp3) is 0.231. The molecule has 0 atom stereocenters. The Bertz CT molecular complexity index is 721. The van der Waals surface area contributed by atoms with Gasteiger partial charge in [-0.25, -0.2) is 9.69 Å². The molecule has 1 aliphatic heterocycles. The summed E-state index contributed by atoms with van der Waals surface area (Å²) in [5.74, 6) is 0.0708. The molecule has 22 heavy (non-hydrogen) atoms. The summed E-state index contributed by atoms with van der Waals surface area (Å²) in [5.41, 5.74) is 0.781. The van der Waals surface area contributed by atoms with Gasteiger partial charge in [0.25, 0.3) is 5.22 Å². The number of hydrogen-bond acceptors (Lipinski definition) is 7. The van der Waals surface area contributed by atoms with Crippen LogP contribution in [0.25, 0.3) is 11.5 Å². The molecule has 114 valence electrons. The number of carbonyl (C=O) groups is 2.